The predicted octanol–water partition coefficient (Wildman–Crippen LogP) is 0.960. The zero-order chi connectivity index (χ0) is 10.3. The van der Waals surface area contributed by atoms with Crippen LogP contribution in [0.1, 0.15) is 37.1 Å². The van der Waals surface area contributed by atoms with Crippen molar-refractivity contribution in [3.05, 3.63) is 11.7 Å². The summed E-state index contributed by atoms with van der Waals surface area (Å²) in [6, 6.07) is 0.533. The lowest BCUT2D eigenvalue weighted by molar-refractivity contribution is -0.0683. The molecule has 0 unspecified atom stereocenters. The van der Waals surface area contributed by atoms with Crippen molar-refractivity contribution in [3.8, 4) is 0 Å². The average molecular weight is 209 g/mol. The molecule has 2 aliphatic heterocycles. The molecule has 1 N–H and O–H groups in total. The standard InChI is InChI=1S/C10H15N3O2/c1-6-12-10(15-13-6)9-3-2-7-8(14-9)4-5-11-7/h7-9,11H,2-5H2,1H3/t7-,8-,9+/m1/s1. The van der Waals surface area contributed by atoms with Crippen molar-refractivity contribution in [2.45, 2.75) is 44.4 Å². The molecular weight excluding hydrogens is 194 g/mol. The highest BCUT2D eigenvalue weighted by atomic mass is 16.5. The Hall–Kier alpha value is -0.940. The zero-order valence-electron chi connectivity index (χ0n) is 8.77. The van der Waals surface area contributed by atoms with E-state index in [0.717, 1.165) is 25.8 Å². The number of nitrogens with zero attached hydrogens (tertiary/aromatic N) is 2. The molecule has 0 radical (unpaired) electrons. The third kappa shape index (κ3) is 1.66. The van der Waals surface area contributed by atoms with E-state index in [-0.39, 0.29) is 6.10 Å². The van der Waals surface area contributed by atoms with Gasteiger partial charge >= 0.3 is 0 Å². The van der Waals surface area contributed by atoms with Crippen molar-refractivity contribution in [2.75, 3.05) is 6.54 Å². The average Bonchev–Trinajstić information content (AvgIpc) is 2.84. The lowest BCUT2D eigenvalue weighted by atomic mass is 10.00. The number of nitrogens with one attached hydrogen (secondary N) is 1. The van der Waals surface area contributed by atoms with E-state index in [1.54, 1.807) is 0 Å². The van der Waals surface area contributed by atoms with E-state index >= 15 is 0 Å². The Morgan fingerprint density at radius 1 is 1.33 bits per heavy atom. The van der Waals surface area contributed by atoms with Crippen molar-refractivity contribution < 1.29 is 9.26 Å². The fraction of sp³-hybridized carbons (Fsp3) is 0.800. The van der Waals surface area contributed by atoms with E-state index in [4.69, 9.17) is 9.26 Å². The molecule has 1 aromatic rings. The van der Waals surface area contributed by atoms with Crippen LogP contribution in [-0.2, 0) is 4.74 Å². The lowest BCUT2D eigenvalue weighted by Crippen LogP contribution is -2.37. The van der Waals surface area contributed by atoms with Gasteiger partial charge in [0.05, 0.1) is 6.10 Å². The molecule has 2 fully saturated rings. The summed E-state index contributed by atoms with van der Waals surface area (Å²) in [5.74, 6) is 1.32. The first kappa shape index (κ1) is 9.30. The molecule has 3 heterocycles. The summed E-state index contributed by atoms with van der Waals surface area (Å²) in [5, 5.41) is 7.24. The van der Waals surface area contributed by atoms with E-state index in [0.29, 0.717) is 23.9 Å². The molecule has 15 heavy (non-hydrogen) atoms. The Labute approximate surface area is 88.2 Å². The van der Waals surface area contributed by atoms with Crippen molar-refractivity contribution in [1.29, 1.82) is 0 Å². The summed E-state index contributed by atoms with van der Waals surface area (Å²) >= 11 is 0. The second kappa shape index (κ2) is 3.57. The van der Waals surface area contributed by atoms with Gasteiger partial charge in [-0.25, -0.2) is 0 Å². The first-order valence-electron chi connectivity index (χ1n) is 5.52. The fourth-order valence-electron chi connectivity index (χ4n) is 2.43. The van der Waals surface area contributed by atoms with E-state index in [1.165, 1.54) is 0 Å². The summed E-state index contributed by atoms with van der Waals surface area (Å²) in [4.78, 5) is 4.23. The number of ether oxygens (including phenoxy) is 1. The molecule has 2 saturated heterocycles. The summed E-state index contributed by atoms with van der Waals surface area (Å²) in [6.45, 7) is 2.89. The van der Waals surface area contributed by atoms with Crippen molar-refractivity contribution in [1.82, 2.24) is 15.5 Å². The van der Waals surface area contributed by atoms with Gasteiger partial charge in [-0.05, 0) is 32.7 Å². The summed E-state index contributed by atoms with van der Waals surface area (Å²) in [6.07, 6.45) is 3.53. The molecule has 0 aromatic carbocycles. The van der Waals surface area contributed by atoms with Crippen LogP contribution in [0.3, 0.4) is 0 Å². The van der Waals surface area contributed by atoms with E-state index in [2.05, 4.69) is 15.5 Å². The second-order valence-electron chi connectivity index (χ2n) is 4.27. The molecule has 2 aliphatic rings. The Bertz CT molecular complexity index is 352. The molecule has 0 amide bonds. The molecule has 5 nitrogen and oxygen atoms in total. The van der Waals surface area contributed by atoms with Crippen LogP contribution in [0, 0.1) is 6.92 Å². The minimum atomic E-state index is 0.00681. The molecule has 5 heteroatoms. The number of aromatic nitrogens is 2. The zero-order valence-corrected chi connectivity index (χ0v) is 8.77. The van der Waals surface area contributed by atoms with Crippen LogP contribution in [0.2, 0.25) is 0 Å². The molecule has 3 rings (SSSR count). The van der Waals surface area contributed by atoms with Gasteiger partial charge in [0, 0.05) is 6.04 Å². The number of hydrogen-bond donors (Lipinski definition) is 1. The van der Waals surface area contributed by atoms with Crippen LogP contribution in [-0.4, -0.2) is 28.8 Å². The van der Waals surface area contributed by atoms with Crippen LogP contribution >= 0.6 is 0 Å². The third-order valence-electron chi connectivity index (χ3n) is 3.18. The molecule has 0 saturated carbocycles. The highest BCUT2D eigenvalue weighted by molar-refractivity contribution is 4.96. The fourth-order valence-corrected chi connectivity index (χ4v) is 2.43. The van der Waals surface area contributed by atoms with Crippen molar-refractivity contribution in [2.24, 2.45) is 0 Å². The van der Waals surface area contributed by atoms with Crippen LogP contribution in [0.25, 0.3) is 0 Å². The van der Waals surface area contributed by atoms with Crippen LogP contribution < -0.4 is 5.32 Å². The second-order valence-corrected chi connectivity index (χ2v) is 4.27. The van der Waals surface area contributed by atoms with Gasteiger partial charge in [-0.3, -0.25) is 0 Å². The van der Waals surface area contributed by atoms with Gasteiger partial charge in [0.2, 0.25) is 0 Å². The molecule has 3 atom stereocenters. The van der Waals surface area contributed by atoms with E-state index < -0.39 is 0 Å². The number of rotatable bonds is 1. The monoisotopic (exact) mass is 209 g/mol. The highest BCUT2D eigenvalue weighted by Crippen LogP contribution is 2.33. The Morgan fingerprint density at radius 2 is 2.27 bits per heavy atom. The minimum absolute atomic E-state index is 0.00681. The van der Waals surface area contributed by atoms with E-state index in [9.17, 15) is 0 Å². The lowest BCUT2D eigenvalue weighted by Gasteiger charge is -2.30. The van der Waals surface area contributed by atoms with Gasteiger partial charge in [-0.2, -0.15) is 4.98 Å². The topological polar surface area (TPSA) is 60.2 Å². The van der Waals surface area contributed by atoms with Gasteiger partial charge in [0.15, 0.2) is 5.82 Å². The van der Waals surface area contributed by atoms with Crippen LogP contribution in [0.5, 0.6) is 0 Å². The van der Waals surface area contributed by atoms with Gasteiger partial charge in [0.1, 0.15) is 6.10 Å². The maximum atomic E-state index is 5.95. The maximum absolute atomic E-state index is 5.95. The van der Waals surface area contributed by atoms with Crippen molar-refractivity contribution >= 4 is 0 Å². The van der Waals surface area contributed by atoms with Crippen LogP contribution in [0.4, 0.5) is 0 Å². The van der Waals surface area contributed by atoms with Gasteiger partial charge in [0.25, 0.3) is 5.89 Å². The Balaban J connectivity index is 1.73. The smallest absolute Gasteiger partial charge is 0.255 e. The summed E-state index contributed by atoms with van der Waals surface area (Å²) < 4.78 is 11.1. The predicted molar refractivity (Wildman–Crippen MR) is 52.3 cm³/mol. The largest absolute Gasteiger partial charge is 0.363 e. The number of fused-ring (bicyclic) bond motifs is 1. The number of hydrogen-bond acceptors (Lipinski definition) is 5. The molecule has 0 aliphatic carbocycles. The van der Waals surface area contributed by atoms with Crippen LogP contribution in [0.15, 0.2) is 4.52 Å². The first-order chi connectivity index (χ1) is 7.33. The van der Waals surface area contributed by atoms with Crippen molar-refractivity contribution in [3.63, 3.8) is 0 Å². The first-order valence-corrected chi connectivity index (χ1v) is 5.52. The normalized spacial score (nSPS) is 35.4. The molecule has 82 valence electrons. The van der Waals surface area contributed by atoms with Gasteiger partial charge in [-0.1, -0.05) is 5.16 Å². The Kier molecular flexibility index (Phi) is 2.21. The quantitative estimate of drug-likeness (QED) is 0.746. The van der Waals surface area contributed by atoms with Gasteiger partial charge in [-0.15, -0.1) is 0 Å². The Morgan fingerprint density at radius 3 is 3.07 bits per heavy atom. The highest BCUT2D eigenvalue weighted by Gasteiger charge is 2.36. The summed E-state index contributed by atoms with van der Waals surface area (Å²) in [7, 11) is 0. The molecule has 0 spiro atoms. The summed E-state index contributed by atoms with van der Waals surface area (Å²) in [5.41, 5.74) is 0. The number of aryl methyl sites for hydroxylation is 1. The molecule has 1 aromatic heterocycles. The minimum Gasteiger partial charge on any atom is -0.363 e. The molecule has 0 bridgehead atoms. The maximum Gasteiger partial charge on any atom is 0.255 e. The molecular formula is C10H15N3O2. The van der Waals surface area contributed by atoms with Gasteiger partial charge < -0.3 is 14.6 Å². The third-order valence-corrected chi connectivity index (χ3v) is 3.18. The van der Waals surface area contributed by atoms with E-state index in [1.807, 2.05) is 6.92 Å². The SMILES string of the molecule is Cc1noc([C@@H]2CC[C@H]3NCC[C@H]3O2)n1.